The van der Waals surface area contributed by atoms with Gasteiger partial charge in [-0.05, 0) is 32.1 Å². The van der Waals surface area contributed by atoms with Gasteiger partial charge in [-0.25, -0.2) is 0 Å². The second-order valence-electron chi connectivity index (χ2n) is 3.63. The molecule has 0 aliphatic heterocycles. The highest BCUT2D eigenvalue weighted by Crippen LogP contribution is 2.24. The van der Waals surface area contributed by atoms with E-state index < -0.39 is 0 Å². The van der Waals surface area contributed by atoms with E-state index in [1.807, 2.05) is 6.92 Å². The van der Waals surface area contributed by atoms with Gasteiger partial charge in [0.1, 0.15) is 0 Å². The lowest BCUT2D eigenvalue weighted by Gasteiger charge is -2.20. The van der Waals surface area contributed by atoms with Gasteiger partial charge in [0.25, 0.3) is 0 Å². The fourth-order valence-electron chi connectivity index (χ4n) is 1.74. The highest BCUT2D eigenvalue weighted by molar-refractivity contribution is 5.80. The van der Waals surface area contributed by atoms with Crippen molar-refractivity contribution in [2.24, 2.45) is 11.8 Å². The van der Waals surface area contributed by atoms with Gasteiger partial charge >= 0.3 is 0 Å². The van der Waals surface area contributed by atoms with Crippen molar-refractivity contribution in [1.82, 2.24) is 5.32 Å². The van der Waals surface area contributed by atoms with Crippen LogP contribution in [-0.4, -0.2) is 12.5 Å². The molecule has 13 heavy (non-hydrogen) atoms. The van der Waals surface area contributed by atoms with Gasteiger partial charge in [-0.3, -0.25) is 4.79 Å². The summed E-state index contributed by atoms with van der Waals surface area (Å²) in [6.07, 6.45) is 7.64. The van der Waals surface area contributed by atoms with Crippen molar-refractivity contribution in [3.05, 3.63) is 12.2 Å². The van der Waals surface area contributed by atoms with Crippen LogP contribution >= 0.6 is 0 Å². The van der Waals surface area contributed by atoms with E-state index >= 15 is 0 Å². The molecule has 0 saturated heterocycles. The molecule has 0 spiro atoms. The average molecular weight is 181 g/mol. The van der Waals surface area contributed by atoms with Crippen LogP contribution in [0.5, 0.6) is 0 Å². The molecule has 0 radical (unpaired) electrons. The van der Waals surface area contributed by atoms with E-state index in [0.29, 0.717) is 5.92 Å². The Bertz CT molecular complexity index is 198. The molecule has 1 rings (SSSR count). The molecule has 1 aliphatic carbocycles. The van der Waals surface area contributed by atoms with E-state index in [1.54, 1.807) is 0 Å². The van der Waals surface area contributed by atoms with Crippen molar-refractivity contribution in [1.29, 1.82) is 0 Å². The first-order valence-electron chi connectivity index (χ1n) is 5.24. The Morgan fingerprint density at radius 2 is 2.15 bits per heavy atom. The third-order valence-electron chi connectivity index (χ3n) is 2.68. The molecule has 0 bridgehead atoms. The maximum atomic E-state index is 11.4. The minimum absolute atomic E-state index is 0.128. The molecule has 2 atom stereocenters. The molecule has 0 fully saturated rings. The van der Waals surface area contributed by atoms with Gasteiger partial charge in [0, 0.05) is 6.54 Å². The van der Waals surface area contributed by atoms with Crippen LogP contribution in [0.3, 0.4) is 0 Å². The smallest absolute Gasteiger partial charge is 0.226 e. The van der Waals surface area contributed by atoms with Gasteiger partial charge in [-0.1, -0.05) is 19.1 Å². The van der Waals surface area contributed by atoms with E-state index in [1.165, 1.54) is 6.42 Å². The quantitative estimate of drug-likeness (QED) is 0.664. The largest absolute Gasteiger partial charge is 0.356 e. The van der Waals surface area contributed by atoms with E-state index in [2.05, 4.69) is 24.4 Å². The molecule has 0 heterocycles. The van der Waals surface area contributed by atoms with Crippen molar-refractivity contribution in [2.75, 3.05) is 6.54 Å². The summed E-state index contributed by atoms with van der Waals surface area (Å²) in [5, 5.41) is 2.86. The van der Waals surface area contributed by atoms with E-state index in [-0.39, 0.29) is 11.8 Å². The van der Waals surface area contributed by atoms with Gasteiger partial charge in [-0.2, -0.15) is 0 Å². The van der Waals surface area contributed by atoms with Crippen molar-refractivity contribution in [3.8, 4) is 0 Å². The fraction of sp³-hybridized carbons (Fsp3) is 0.727. The zero-order valence-corrected chi connectivity index (χ0v) is 8.55. The first-order chi connectivity index (χ1) is 6.27. The third kappa shape index (κ3) is 2.87. The van der Waals surface area contributed by atoms with Gasteiger partial charge < -0.3 is 5.32 Å². The summed E-state index contributed by atoms with van der Waals surface area (Å²) >= 11 is 0. The second kappa shape index (κ2) is 5.05. The maximum Gasteiger partial charge on any atom is 0.226 e. The number of amides is 1. The van der Waals surface area contributed by atoms with Gasteiger partial charge in [0.2, 0.25) is 5.91 Å². The zero-order valence-electron chi connectivity index (χ0n) is 8.55. The first kappa shape index (κ1) is 10.3. The molecule has 0 aromatic rings. The highest BCUT2D eigenvalue weighted by atomic mass is 16.1. The molecular weight excluding hydrogens is 162 g/mol. The number of allylic oxidation sites excluding steroid dienone is 1. The SMILES string of the molecule is CCNC(=O)C1C=CC(CC)CC1. The normalized spacial score (nSPS) is 27.2. The molecule has 2 unspecified atom stereocenters. The minimum atomic E-state index is 0.128. The number of rotatable bonds is 3. The van der Waals surface area contributed by atoms with E-state index in [4.69, 9.17) is 0 Å². The third-order valence-corrected chi connectivity index (χ3v) is 2.68. The lowest BCUT2D eigenvalue weighted by Crippen LogP contribution is -2.30. The minimum Gasteiger partial charge on any atom is -0.356 e. The summed E-state index contributed by atoms with van der Waals surface area (Å²) in [7, 11) is 0. The summed E-state index contributed by atoms with van der Waals surface area (Å²) in [6.45, 7) is 4.89. The van der Waals surface area contributed by atoms with Crippen LogP contribution in [0, 0.1) is 11.8 Å². The lowest BCUT2D eigenvalue weighted by atomic mass is 9.87. The summed E-state index contributed by atoms with van der Waals surface area (Å²) in [5.41, 5.74) is 0. The number of nitrogens with one attached hydrogen (secondary N) is 1. The van der Waals surface area contributed by atoms with Gasteiger partial charge in [0.05, 0.1) is 5.92 Å². The Labute approximate surface area is 80.4 Å². The Hall–Kier alpha value is -0.790. The number of carbonyl (C=O) groups is 1. The Kier molecular flexibility index (Phi) is 4.00. The summed E-state index contributed by atoms with van der Waals surface area (Å²) < 4.78 is 0. The monoisotopic (exact) mass is 181 g/mol. The van der Waals surface area contributed by atoms with Crippen molar-refractivity contribution < 1.29 is 4.79 Å². The number of carbonyl (C=O) groups excluding carboxylic acids is 1. The van der Waals surface area contributed by atoms with Gasteiger partial charge in [0.15, 0.2) is 0 Å². The molecule has 1 aliphatic rings. The van der Waals surface area contributed by atoms with Crippen LogP contribution in [0.2, 0.25) is 0 Å². The van der Waals surface area contributed by atoms with Crippen molar-refractivity contribution in [3.63, 3.8) is 0 Å². The fourth-order valence-corrected chi connectivity index (χ4v) is 1.74. The molecule has 0 saturated carbocycles. The first-order valence-corrected chi connectivity index (χ1v) is 5.24. The molecule has 0 aromatic carbocycles. The predicted molar refractivity (Wildman–Crippen MR) is 54.3 cm³/mol. The Balaban J connectivity index is 2.42. The van der Waals surface area contributed by atoms with Crippen molar-refractivity contribution in [2.45, 2.75) is 33.1 Å². The summed E-state index contributed by atoms with van der Waals surface area (Å²) in [5.74, 6) is 1.02. The summed E-state index contributed by atoms with van der Waals surface area (Å²) in [4.78, 5) is 11.4. The van der Waals surface area contributed by atoms with E-state index in [9.17, 15) is 4.79 Å². The Morgan fingerprint density at radius 3 is 2.62 bits per heavy atom. The Morgan fingerprint density at radius 1 is 1.38 bits per heavy atom. The van der Waals surface area contributed by atoms with Crippen LogP contribution in [0.25, 0.3) is 0 Å². The standard InChI is InChI=1S/C11H19NO/c1-3-9-5-7-10(8-6-9)11(13)12-4-2/h5,7,9-10H,3-4,6,8H2,1-2H3,(H,12,13). The molecule has 1 amide bonds. The van der Waals surface area contributed by atoms with Gasteiger partial charge in [-0.15, -0.1) is 0 Å². The van der Waals surface area contributed by atoms with Crippen molar-refractivity contribution >= 4 is 5.91 Å². The highest BCUT2D eigenvalue weighted by Gasteiger charge is 2.19. The van der Waals surface area contributed by atoms with Crippen LogP contribution < -0.4 is 5.32 Å². The predicted octanol–water partition coefficient (Wildman–Crippen LogP) is 2.11. The number of hydrogen-bond donors (Lipinski definition) is 1. The van der Waals surface area contributed by atoms with E-state index in [0.717, 1.165) is 19.4 Å². The molecule has 1 N–H and O–H groups in total. The van der Waals surface area contributed by atoms with Crippen LogP contribution in [-0.2, 0) is 4.79 Å². The molecule has 2 heteroatoms. The number of hydrogen-bond acceptors (Lipinski definition) is 1. The molecular formula is C11H19NO. The second-order valence-corrected chi connectivity index (χ2v) is 3.63. The van der Waals surface area contributed by atoms with Crippen LogP contribution in [0.15, 0.2) is 12.2 Å². The summed E-state index contributed by atoms with van der Waals surface area (Å²) in [6, 6.07) is 0. The average Bonchev–Trinajstić information content (AvgIpc) is 2.18. The molecule has 74 valence electrons. The molecule has 0 aromatic heterocycles. The lowest BCUT2D eigenvalue weighted by molar-refractivity contribution is -0.123. The topological polar surface area (TPSA) is 29.1 Å². The van der Waals surface area contributed by atoms with Crippen LogP contribution in [0.1, 0.15) is 33.1 Å². The molecule has 2 nitrogen and oxygen atoms in total. The zero-order chi connectivity index (χ0) is 9.68. The van der Waals surface area contributed by atoms with Crippen LogP contribution in [0.4, 0.5) is 0 Å². The maximum absolute atomic E-state index is 11.4.